The van der Waals surface area contributed by atoms with Gasteiger partial charge in [0.1, 0.15) is 0 Å². The normalized spacial score (nSPS) is 18.1. The monoisotopic (exact) mass is 269 g/mol. The van der Waals surface area contributed by atoms with Crippen molar-refractivity contribution in [3.8, 4) is 0 Å². The SMILES string of the molecule is CC(C)(C)C(=O)NCCC(=O)NC1(CN)CCCC1. The van der Waals surface area contributed by atoms with Crippen LogP contribution in [0.1, 0.15) is 52.9 Å². The fraction of sp³-hybridized carbons (Fsp3) is 0.857. The second-order valence-corrected chi connectivity index (χ2v) is 6.50. The molecule has 4 N–H and O–H groups in total. The van der Waals surface area contributed by atoms with Gasteiger partial charge in [0.05, 0.1) is 5.54 Å². The lowest BCUT2D eigenvalue weighted by Crippen LogP contribution is -2.52. The minimum absolute atomic E-state index is 0.0263. The zero-order chi connectivity index (χ0) is 14.5. The summed E-state index contributed by atoms with van der Waals surface area (Å²) in [5.74, 6) is -0.0590. The van der Waals surface area contributed by atoms with E-state index in [9.17, 15) is 9.59 Å². The van der Waals surface area contributed by atoms with Crippen LogP contribution in [0.4, 0.5) is 0 Å². The average Bonchev–Trinajstić information content (AvgIpc) is 2.76. The van der Waals surface area contributed by atoms with Gasteiger partial charge in [-0.2, -0.15) is 0 Å². The number of amides is 2. The standard InChI is InChI=1S/C14H27N3O2/c1-13(2,3)12(19)16-9-6-11(18)17-14(10-15)7-4-5-8-14/h4-10,15H2,1-3H3,(H,16,19)(H,17,18). The third-order valence-electron chi connectivity index (χ3n) is 3.67. The van der Waals surface area contributed by atoms with Crippen molar-refractivity contribution in [1.29, 1.82) is 0 Å². The molecular formula is C14H27N3O2. The van der Waals surface area contributed by atoms with Crippen molar-refractivity contribution < 1.29 is 9.59 Å². The van der Waals surface area contributed by atoms with E-state index in [0.29, 0.717) is 19.5 Å². The molecule has 110 valence electrons. The molecule has 0 aromatic heterocycles. The fourth-order valence-corrected chi connectivity index (χ4v) is 2.34. The number of carbonyl (C=O) groups is 2. The molecule has 2 amide bonds. The lowest BCUT2D eigenvalue weighted by Gasteiger charge is -2.28. The Kier molecular flexibility index (Phi) is 5.35. The lowest BCUT2D eigenvalue weighted by atomic mass is 9.95. The van der Waals surface area contributed by atoms with Gasteiger partial charge >= 0.3 is 0 Å². The van der Waals surface area contributed by atoms with E-state index >= 15 is 0 Å². The Bertz CT molecular complexity index is 328. The lowest BCUT2D eigenvalue weighted by molar-refractivity contribution is -0.128. The Hall–Kier alpha value is -1.10. The molecule has 0 heterocycles. The zero-order valence-corrected chi connectivity index (χ0v) is 12.3. The van der Waals surface area contributed by atoms with Crippen LogP contribution in [0.15, 0.2) is 0 Å². The number of hydrogen-bond acceptors (Lipinski definition) is 3. The first-order chi connectivity index (χ1) is 8.79. The first kappa shape index (κ1) is 16.0. The Morgan fingerprint density at radius 2 is 1.79 bits per heavy atom. The van der Waals surface area contributed by atoms with E-state index in [1.165, 1.54) is 0 Å². The number of rotatable bonds is 5. The quantitative estimate of drug-likeness (QED) is 0.694. The molecule has 0 atom stereocenters. The molecule has 1 fully saturated rings. The van der Waals surface area contributed by atoms with E-state index in [2.05, 4.69) is 10.6 Å². The van der Waals surface area contributed by atoms with Gasteiger partial charge in [0.15, 0.2) is 0 Å². The summed E-state index contributed by atoms with van der Waals surface area (Å²) in [6.07, 6.45) is 4.48. The molecule has 0 saturated heterocycles. The summed E-state index contributed by atoms with van der Waals surface area (Å²) >= 11 is 0. The van der Waals surface area contributed by atoms with Crippen molar-refractivity contribution >= 4 is 11.8 Å². The second-order valence-electron chi connectivity index (χ2n) is 6.50. The van der Waals surface area contributed by atoms with Crippen LogP contribution in [0.5, 0.6) is 0 Å². The molecule has 0 bridgehead atoms. The van der Waals surface area contributed by atoms with Gasteiger partial charge in [0.2, 0.25) is 11.8 Å². The first-order valence-corrected chi connectivity index (χ1v) is 7.08. The molecule has 0 unspecified atom stereocenters. The maximum absolute atomic E-state index is 11.9. The van der Waals surface area contributed by atoms with E-state index in [1.54, 1.807) is 0 Å². The van der Waals surface area contributed by atoms with Crippen LogP contribution in [0.3, 0.4) is 0 Å². The predicted molar refractivity (Wildman–Crippen MR) is 75.5 cm³/mol. The summed E-state index contributed by atoms with van der Waals surface area (Å²) in [5.41, 5.74) is 5.15. The Morgan fingerprint density at radius 1 is 1.21 bits per heavy atom. The molecule has 0 radical (unpaired) electrons. The van der Waals surface area contributed by atoms with E-state index < -0.39 is 5.41 Å². The number of nitrogens with two attached hydrogens (primary N) is 1. The predicted octanol–water partition coefficient (Wildman–Crippen LogP) is 0.927. The van der Waals surface area contributed by atoms with E-state index in [-0.39, 0.29) is 17.4 Å². The summed E-state index contributed by atoms with van der Waals surface area (Å²) in [4.78, 5) is 23.5. The van der Waals surface area contributed by atoms with E-state index in [0.717, 1.165) is 25.7 Å². The first-order valence-electron chi connectivity index (χ1n) is 7.08. The highest BCUT2D eigenvalue weighted by Gasteiger charge is 2.33. The van der Waals surface area contributed by atoms with Crippen molar-refractivity contribution in [2.45, 2.75) is 58.4 Å². The van der Waals surface area contributed by atoms with Crippen molar-refractivity contribution in [3.05, 3.63) is 0 Å². The maximum Gasteiger partial charge on any atom is 0.225 e. The summed E-state index contributed by atoms with van der Waals surface area (Å²) in [6, 6.07) is 0. The minimum atomic E-state index is -0.416. The van der Waals surface area contributed by atoms with Crippen molar-refractivity contribution in [2.24, 2.45) is 11.1 Å². The molecule has 5 nitrogen and oxygen atoms in total. The number of nitrogens with one attached hydrogen (secondary N) is 2. The van der Waals surface area contributed by atoms with Crippen LogP contribution >= 0.6 is 0 Å². The molecular weight excluding hydrogens is 242 g/mol. The van der Waals surface area contributed by atoms with Crippen molar-refractivity contribution in [3.63, 3.8) is 0 Å². The highest BCUT2D eigenvalue weighted by Crippen LogP contribution is 2.28. The fourth-order valence-electron chi connectivity index (χ4n) is 2.34. The summed E-state index contributed by atoms with van der Waals surface area (Å²) in [5, 5.41) is 5.82. The van der Waals surface area contributed by atoms with Gasteiger partial charge in [-0.1, -0.05) is 33.6 Å². The van der Waals surface area contributed by atoms with Crippen molar-refractivity contribution in [2.75, 3.05) is 13.1 Å². The minimum Gasteiger partial charge on any atom is -0.355 e. The van der Waals surface area contributed by atoms with Crippen LogP contribution in [-0.2, 0) is 9.59 Å². The van der Waals surface area contributed by atoms with E-state index in [1.807, 2.05) is 20.8 Å². The van der Waals surface area contributed by atoms with Gasteiger partial charge in [-0.3, -0.25) is 9.59 Å². The Morgan fingerprint density at radius 3 is 2.26 bits per heavy atom. The van der Waals surface area contributed by atoms with Gasteiger partial charge in [0, 0.05) is 24.9 Å². The molecule has 0 aliphatic heterocycles. The van der Waals surface area contributed by atoms with E-state index in [4.69, 9.17) is 5.73 Å². The van der Waals surface area contributed by atoms with Crippen LogP contribution in [0.2, 0.25) is 0 Å². The summed E-state index contributed by atoms with van der Waals surface area (Å²) in [7, 11) is 0. The number of hydrogen-bond donors (Lipinski definition) is 3. The van der Waals surface area contributed by atoms with Crippen LogP contribution in [0.25, 0.3) is 0 Å². The van der Waals surface area contributed by atoms with Gasteiger partial charge < -0.3 is 16.4 Å². The summed E-state index contributed by atoms with van der Waals surface area (Å²) in [6.45, 7) is 6.43. The third-order valence-corrected chi connectivity index (χ3v) is 3.67. The summed E-state index contributed by atoms with van der Waals surface area (Å²) < 4.78 is 0. The third kappa shape index (κ3) is 4.82. The number of carbonyl (C=O) groups excluding carboxylic acids is 2. The molecule has 1 aliphatic rings. The van der Waals surface area contributed by atoms with Gasteiger partial charge in [0.25, 0.3) is 0 Å². The van der Waals surface area contributed by atoms with Crippen LogP contribution in [0, 0.1) is 5.41 Å². The molecule has 1 rings (SSSR count). The molecule has 0 aromatic rings. The Balaban J connectivity index is 2.30. The van der Waals surface area contributed by atoms with Gasteiger partial charge in [-0.25, -0.2) is 0 Å². The van der Waals surface area contributed by atoms with Crippen molar-refractivity contribution in [1.82, 2.24) is 10.6 Å². The van der Waals surface area contributed by atoms with Crippen LogP contribution < -0.4 is 16.4 Å². The highest BCUT2D eigenvalue weighted by atomic mass is 16.2. The molecule has 0 spiro atoms. The zero-order valence-electron chi connectivity index (χ0n) is 12.3. The average molecular weight is 269 g/mol. The second kappa shape index (κ2) is 6.37. The van der Waals surface area contributed by atoms with Gasteiger partial charge in [-0.05, 0) is 12.8 Å². The Labute approximate surface area is 115 Å². The molecule has 1 aliphatic carbocycles. The van der Waals surface area contributed by atoms with Gasteiger partial charge in [-0.15, -0.1) is 0 Å². The molecule has 0 aromatic carbocycles. The van der Waals surface area contributed by atoms with Crippen LogP contribution in [-0.4, -0.2) is 30.4 Å². The molecule has 19 heavy (non-hydrogen) atoms. The highest BCUT2D eigenvalue weighted by molar-refractivity contribution is 5.82. The largest absolute Gasteiger partial charge is 0.355 e. The molecule has 1 saturated carbocycles. The maximum atomic E-state index is 11.9. The molecule has 5 heteroatoms. The smallest absolute Gasteiger partial charge is 0.225 e. The topological polar surface area (TPSA) is 84.2 Å².